The third-order valence-corrected chi connectivity index (χ3v) is 3.96. The molecule has 0 aromatic rings. The van der Waals surface area contributed by atoms with Gasteiger partial charge in [-0.2, -0.15) is 0 Å². The van der Waals surface area contributed by atoms with Gasteiger partial charge in [0.1, 0.15) is 11.6 Å². The summed E-state index contributed by atoms with van der Waals surface area (Å²) < 4.78 is 5.14. The first-order chi connectivity index (χ1) is 11.8. The standard InChI is InChI=1S/C20H40N2O3/c1-6-7-8-9-10-11-12-13-14-15-16-21-18(23)17(2)22-19(24)25-20(3,4)5/h17H,6-16H2,1-5H3,(H,21,23)(H,22,24)/t17-/m0/s1. The van der Waals surface area contributed by atoms with E-state index in [4.69, 9.17) is 4.74 Å². The molecule has 0 radical (unpaired) electrons. The Kier molecular flexibility index (Phi) is 13.3. The maximum Gasteiger partial charge on any atom is 0.408 e. The number of amides is 2. The number of carbonyl (C=O) groups is 2. The zero-order valence-electron chi connectivity index (χ0n) is 17.1. The summed E-state index contributed by atoms with van der Waals surface area (Å²) in [6.07, 6.45) is 12.2. The van der Waals surface area contributed by atoms with Gasteiger partial charge >= 0.3 is 6.09 Å². The fourth-order valence-electron chi connectivity index (χ4n) is 2.53. The van der Waals surface area contributed by atoms with Crippen molar-refractivity contribution in [2.24, 2.45) is 0 Å². The molecule has 25 heavy (non-hydrogen) atoms. The highest BCUT2D eigenvalue weighted by Gasteiger charge is 2.20. The fraction of sp³-hybridized carbons (Fsp3) is 0.900. The van der Waals surface area contributed by atoms with Crippen molar-refractivity contribution >= 4 is 12.0 Å². The lowest BCUT2D eigenvalue weighted by molar-refractivity contribution is -0.122. The van der Waals surface area contributed by atoms with Crippen LogP contribution in [-0.4, -0.2) is 30.2 Å². The molecular formula is C20H40N2O3. The number of alkyl carbamates (subject to hydrolysis) is 1. The zero-order chi connectivity index (χ0) is 19.1. The number of rotatable bonds is 13. The van der Waals surface area contributed by atoms with Crippen LogP contribution in [0.2, 0.25) is 0 Å². The van der Waals surface area contributed by atoms with E-state index in [9.17, 15) is 9.59 Å². The number of hydrogen-bond acceptors (Lipinski definition) is 3. The molecular weight excluding hydrogens is 316 g/mol. The van der Waals surface area contributed by atoms with Crippen molar-refractivity contribution < 1.29 is 14.3 Å². The Bertz CT molecular complexity index is 364. The Morgan fingerprint density at radius 3 is 1.84 bits per heavy atom. The van der Waals surface area contributed by atoms with Gasteiger partial charge in [0.15, 0.2) is 0 Å². The van der Waals surface area contributed by atoms with Gasteiger partial charge in [-0.15, -0.1) is 0 Å². The van der Waals surface area contributed by atoms with E-state index < -0.39 is 17.7 Å². The van der Waals surface area contributed by atoms with Gasteiger partial charge in [0, 0.05) is 6.54 Å². The number of nitrogens with one attached hydrogen (secondary N) is 2. The van der Waals surface area contributed by atoms with Crippen LogP contribution in [0.1, 0.15) is 98.8 Å². The third-order valence-electron chi connectivity index (χ3n) is 3.96. The van der Waals surface area contributed by atoms with Crippen molar-refractivity contribution in [1.29, 1.82) is 0 Å². The lowest BCUT2D eigenvalue weighted by Crippen LogP contribution is -2.46. The molecule has 2 N–H and O–H groups in total. The lowest BCUT2D eigenvalue weighted by Gasteiger charge is -2.21. The number of carbonyl (C=O) groups excluding carboxylic acids is 2. The van der Waals surface area contributed by atoms with E-state index in [1.807, 2.05) is 0 Å². The zero-order valence-corrected chi connectivity index (χ0v) is 17.1. The van der Waals surface area contributed by atoms with E-state index in [2.05, 4.69) is 17.6 Å². The van der Waals surface area contributed by atoms with E-state index in [0.717, 1.165) is 12.8 Å². The Hall–Kier alpha value is -1.26. The van der Waals surface area contributed by atoms with Gasteiger partial charge in [0.25, 0.3) is 0 Å². The second-order valence-electron chi connectivity index (χ2n) is 7.84. The van der Waals surface area contributed by atoms with Crippen molar-refractivity contribution in [3.05, 3.63) is 0 Å². The first kappa shape index (κ1) is 23.7. The van der Waals surface area contributed by atoms with Crippen LogP contribution in [0.25, 0.3) is 0 Å². The molecule has 0 bridgehead atoms. The topological polar surface area (TPSA) is 67.4 Å². The van der Waals surface area contributed by atoms with Crippen LogP contribution in [-0.2, 0) is 9.53 Å². The second-order valence-corrected chi connectivity index (χ2v) is 7.84. The highest BCUT2D eigenvalue weighted by Crippen LogP contribution is 2.10. The molecule has 0 unspecified atom stereocenters. The smallest absolute Gasteiger partial charge is 0.408 e. The van der Waals surface area contributed by atoms with Crippen LogP contribution < -0.4 is 10.6 Å². The van der Waals surface area contributed by atoms with E-state index in [0.29, 0.717) is 6.54 Å². The van der Waals surface area contributed by atoms with Crippen LogP contribution in [0.15, 0.2) is 0 Å². The highest BCUT2D eigenvalue weighted by molar-refractivity contribution is 5.85. The maximum absolute atomic E-state index is 11.9. The van der Waals surface area contributed by atoms with Crippen molar-refractivity contribution in [3.8, 4) is 0 Å². The highest BCUT2D eigenvalue weighted by atomic mass is 16.6. The molecule has 148 valence electrons. The van der Waals surface area contributed by atoms with Crippen LogP contribution in [0.4, 0.5) is 4.79 Å². The van der Waals surface area contributed by atoms with Crippen molar-refractivity contribution in [3.63, 3.8) is 0 Å². The van der Waals surface area contributed by atoms with Gasteiger partial charge in [-0.25, -0.2) is 4.79 Å². The Labute approximate surface area is 154 Å². The maximum atomic E-state index is 11.9. The molecule has 0 heterocycles. The largest absolute Gasteiger partial charge is 0.444 e. The number of hydrogen-bond donors (Lipinski definition) is 2. The summed E-state index contributed by atoms with van der Waals surface area (Å²) in [6, 6.07) is -0.585. The summed E-state index contributed by atoms with van der Waals surface area (Å²) >= 11 is 0. The van der Waals surface area contributed by atoms with Crippen LogP contribution in [0.3, 0.4) is 0 Å². The van der Waals surface area contributed by atoms with E-state index in [1.165, 1.54) is 51.4 Å². The molecule has 1 atom stereocenters. The normalized spacial score (nSPS) is 12.5. The van der Waals surface area contributed by atoms with Gasteiger partial charge in [-0.1, -0.05) is 64.7 Å². The number of ether oxygens (including phenoxy) is 1. The summed E-state index contributed by atoms with van der Waals surface area (Å²) in [4.78, 5) is 23.5. The van der Waals surface area contributed by atoms with Crippen LogP contribution in [0, 0.1) is 0 Å². The quantitative estimate of drug-likeness (QED) is 0.459. The molecule has 5 nitrogen and oxygen atoms in total. The predicted octanol–water partition coefficient (Wildman–Crippen LogP) is 4.94. The minimum Gasteiger partial charge on any atom is -0.444 e. The van der Waals surface area contributed by atoms with Crippen molar-refractivity contribution in [1.82, 2.24) is 10.6 Å². The summed E-state index contributed by atoms with van der Waals surface area (Å²) in [6.45, 7) is 9.95. The van der Waals surface area contributed by atoms with Crippen molar-refractivity contribution in [2.45, 2.75) is 110 Å². The summed E-state index contributed by atoms with van der Waals surface area (Å²) in [7, 11) is 0. The molecule has 0 aliphatic heterocycles. The molecule has 0 spiro atoms. The predicted molar refractivity (Wildman–Crippen MR) is 104 cm³/mol. The number of unbranched alkanes of at least 4 members (excludes halogenated alkanes) is 9. The summed E-state index contributed by atoms with van der Waals surface area (Å²) in [5, 5.41) is 5.42. The molecule has 0 rings (SSSR count). The molecule has 0 fully saturated rings. The first-order valence-electron chi connectivity index (χ1n) is 10.0. The van der Waals surface area contributed by atoms with E-state index in [-0.39, 0.29) is 5.91 Å². The van der Waals surface area contributed by atoms with Crippen molar-refractivity contribution in [2.75, 3.05) is 6.54 Å². The monoisotopic (exact) mass is 356 g/mol. The molecule has 0 saturated heterocycles. The summed E-state index contributed by atoms with van der Waals surface area (Å²) in [5.41, 5.74) is -0.559. The fourth-order valence-corrected chi connectivity index (χ4v) is 2.53. The van der Waals surface area contributed by atoms with Gasteiger partial charge in [-0.05, 0) is 34.1 Å². The van der Waals surface area contributed by atoms with E-state index >= 15 is 0 Å². The van der Waals surface area contributed by atoms with Gasteiger partial charge in [-0.3, -0.25) is 4.79 Å². The van der Waals surface area contributed by atoms with Gasteiger partial charge < -0.3 is 15.4 Å². The minimum absolute atomic E-state index is 0.165. The third kappa shape index (κ3) is 16.0. The summed E-state index contributed by atoms with van der Waals surface area (Å²) in [5.74, 6) is -0.165. The lowest BCUT2D eigenvalue weighted by atomic mass is 10.1. The molecule has 0 aliphatic rings. The van der Waals surface area contributed by atoms with E-state index in [1.54, 1.807) is 27.7 Å². The van der Waals surface area contributed by atoms with Crippen LogP contribution in [0.5, 0.6) is 0 Å². The molecule has 0 aliphatic carbocycles. The Morgan fingerprint density at radius 2 is 1.36 bits per heavy atom. The molecule has 0 saturated carbocycles. The Morgan fingerprint density at radius 1 is 0.880 bits per heavy atom. The molecule has 2 amide bonds. The molecule has 0 aromatic carbocycles. The van der Waals surface area contributed by atoms with Crippen LogP contribution >= 0.6 is 0 Å². The Balaban J connectivity index is 3.55. The first-order valence-corrected chi connectivity index (χ1v) is 10.0. The average Bonchev–Trinajstić information content (AvgIpc) is 2.50. The average molecular weight is 357 g/mol. The van der Waals surface area contributed by atoms with Gasteiger partial charge in [0.2, 0.25) is 5.91 Å². The molecule has 5 heteroatoms. The SMILES string of the molecule is CCCCCCCCCCCCNC(=O)[C@H](C)NC(=O)OC(C)(C)C. The second kappa shape index (κ2) is 14.0. The van der Waals surface area contributed by atoms with Gasteiger partial charge in [0.05, 0.1) is 0 Å². The minimum atomic E-state index is -0.585. The molecule has 0 aromatic heterocycles.